The van der Waals surface area contributed by atoms with Crippen molar-refractivity contribution in [1.82, 2.24) is 0 Å². The smallest absolute Gasteiger partial charge is 0.0487 e. The van der Waals surface area contributed by atoms with Gasteiger partial charge in [-0.15, -0.1) is 0 Å². The highest BCUT2D eigenvalue weighted by Gasteiger charge is 2.22. The van der Waals surface area contributed by atoms with Gasteiger partial charge >= 0.3 is 0 Å². The van der Waals surface area contributed by atoms with Crippen LogP contribution in [0.4, 0.5) is 0 Å². The molecule has 0 aliphatic heterocycles. The van der Waals surface area contributed by atoms with Crippen molar-refractivity contribution in [3.63, 3.8) is 0 Å². The van der Waals surface area contributed by atoms with Gasteiger partial charge in [0, 0.05) is 16.5 Å². The first-order valence-electron chi connectivity index (χ1n) is 6.62. The molecule has 2 N–H and O–H groups in total. The second-order valence-electron chi connectivity index (χ2n) is 5.46. The van der Waals surface area contributed by atoms with Gasteiger partial charge < -0.3 is 5.73 Å². The molecule has 2 unspecified atom stereocenters. The molecule has 0 aromatic heterocycles. The summed E-state index contributed by atoms with van der Waals surface area (Å²) in [5.74, 6) is 0.685. The van der Waals surface area contributed by atoms with Crippen LogP contribution < -0.4 is 5.73 Å². The lowest BCUT2D eigenvalue weighted by Crippen LogP contribution is -2.13. The van der Waals surface area contributed by atoms with E-state index in [4.69, 9.17) is 17.3 Å². The average molecular weight is 260 g/mol. The van der Waals surface area contributed by atoms with Crippen molar-refractivity contribution in [3.05, 3.63) is 46.5 Å². The average Bonchev–Trinajstić information content (AvgIpc) is 2.50. The lowest BCUT2D eigenvalue weighted by Gasteiger charge is -2.16. The van der Waals surface area contributed by atoms with Gasteiger partial charge in [0.2, 0.25) is 0 Å². The van der Waals surface area contributed by atoms with Crippen LogP contribution in [0.5, 0.6) is 0 Å². The Balaban J connectivity index is 2.28. The van der Waals surface area contributed by atoms with Crippen LogP contribution >= 0.6 is 11.6 Å². The largest absolute Gasteiger partial charge is 0.324 e. The summed E-state index contributed by atoms with van der Waals surface area (Å²) in [6, 6.07) is 10.6. The highest BCUT2D eigenvalue weighted by molar-refractivity contribution is 6.35. The minimum absolute atomic E-state index is 0.125. The van der Waals surface area contributed by atoms with Crippen molar-refractivity contribution in [1.29, 1.82) is 0 Å². The minimum atomic E-state index is 0.125. The molecule has 0 radical (unpaired) electrons. The zero-order chi connectivity index (χ0) is 12.7. The van der Waals surface area contributed by atoms with E-state index in [9.17, 15) is 0 Å². The van der Waals surface area contributed by atoms with Gasteiger partial charge in [-0.2, -0.15) is 0 Å². The fraction of sp³-hybridized carbons (Fsp3) is 0.375. The molecule has 0 saturated heterocycles. The van der Waals surface area contributed by atoms with Crippen LogP contribution in [0.1, 0.15) is 36.9 Å². The van der Waals surface area contributed by atoms with E-state index in [0.29, 0.717) is 5.92 Å². The van der Waals surface area contributed by atoms with Crippen LogP contribution in [0, 0.1) is 5.92 Å². The molecular formula is C16H18ClN. The van der Waals surface area contributed by atoms with Crippen molar-refractivity contribution in [2.24, 2.45) is 11.7 Å². The van der Waals surface area contributed by atoms with Crippen LogP contribution in [-0.4, -0.2) is 0 Å². The number of aryl methyl sites for hydroxylation is 1. The van der Waals surface area contributed by atoms with Crippen molar-refractivity contribution in [2.75, 3.05) is 0 Å². The molecule has 0 bridgehead atoms. The lowest BCUT2D eigenvalue weighted by atomic mass is 9.93. The van der Waals surface area contributed by atoms with E-state index in [1.807, 2.05) is 6.07 Å². The molecule has 0 saturated carbocycles. The third kappa shape index (κ3) is 1.92. The Morgan fingerprint density at radius 1 is 1.22 bits per heavy atom. The summed E-state index contributed by atoms with van der Waals surface area (Å²) >= 11 is 6.39. The molecule has 0 fully saturated rings. The maximum absolute atomic E-state index is 6.39. The topological polar surface area (TPSA) is 26.0 Å². The number of nitrogens with two attached hydrogens (primary N) is 1. The Morgan fingerprint density at radius 2 is 1.94 bits per heavy atom. The number of halogens is 1. The van der Waals surface area contributed by atoms with E-state index in [1.54, 1.807) is 0 Å². The van der Waals surface area contributed by atoms with Crippen molar-refractivity contribution >= 4 is 22.4 Å². The minimum Gasteiger partial charge on any atom is -0.324 e. The van der Waals surface area contributed by atoms with Crippen molar-refractivity contribution in [2.45, 2.75) is 32.2 Å². The van der Waals surface area contributed by atoms with Crippen molar-refractivity contribution < 1.29 is 0 Å². The van der Waals surface area contributed by atoms with Gasteiger partial charge in [-0.1, -0.05) is 42.8 Å². The van der Waals surface area contributed by atoms with Gasteiger partial charge in [0.25, 0.3) is 0 Å². The summed E-state index contributed by atoms with van der Waals surface area (Å²) in [5.41, 5.74) is 9.00. The molecule has 18 heavy (non-hydrogen) atoms. The monoisotopic (exact) mass is 259 g/mol. The zero-order valence-electron chi connectivity index (χ0n) is 10.6. The first kappa shape index (κ1) is 12.0. The third-order valence-electron chi connectivity index (χ3n) is 4.08. The molecule has 2 atom stereocenters. The molecular weight excluding hydrogens is 242 g/mol. The third-order valence-corrected chi connectivity index (χ3v) is 4.40. The second kappa shape index (κ2) is 4.56. The molecule has 2 aromatic rings. The Kier molecular flexibility index (Phi) is 3.04. The number of rotatable bonds is 0. The molecule has 1 aliphatic rings. The van der Waals surface area contributed by atoms with Gasteiger partial charge in [0.05, 0.1) is 0 Å². The molecule has 1 aliphatic carbocycles. The first-order chi connectivity index (χ1) is 8.66. The Labute approximate surface area is 113 Å². The molecule has 2 heteroatoms. The predicted molar refractivity (Wildman–Crippen MR) is 78.0 cm³/mol. The Bertz CT molecular complexity index is 591. The number of fused-ring (bicyclic) bond motifs is 3. The van der Waals surface area contributed by atoms with Crippen LogP contribution in [0.15, 0.2) is 30.3 Å². The first-order valence-corrected chi connectivity index (χ1v) is 7.00. The van der Waals surface area contributed by atoms with Gasteiger partial charge in [0.15, 0.2) is 0 Å². The maximum Gasteiger partial charge on any atom is 0.0487 e. The molecule has 1 nitrogen and oxygen atoms in total. The van der Waals surface area contributed by atoms with E-state index in [0.717, 1.165) is 23.3 Å². The van der Waals surface area contributed by atoms with Crippen LogP contribution in [0.25, 0.3) is 10.8 Å². The normalized spacial score (nSPS) is 23.7. The molecule has 94 valence electrons. The standard InChI is InChI=1S/C16H18ClN/c1-10-6-7-12-11-4-2-3-5-13(11)15(17)9-14(12)16(18)8-10/h2-5,9-10,16H,6-8,18H2,1H3. The molecule has 3 rings (SSSR count). The highest BCUT2D eigenvalue weighted by Crippen LogP contribution is 2.37. The number of benzene rings is 2. The zero-order valence-corrected chi connectivity index (χ0v) is 11.4. The number of hydrogen-bond donors (Lipinski definition) is 1. The summed E-state index contributed by atoms with van der Waals surface area (Å²) in [4.78, 5) is 0. The summed E-state index contributed by atoms with van der Waals surface area (Å²) in [5, 5.41) is 3.26. The van der Waals surface area contributed by atoms with Gasteiger partial charge in [-0.05, 0) is 47.8 Å². The molecule has 0 heterocycles. The second-order valence-corrected chi connectivity index (χ2v) is 5.86. The highest BCUT2D eigenvalue weighted by atomic mass is 35.5. The lowest BCUT2D eigenvalue weighted by molar-refractivity contribution is 0.464. The summed E-state index contributed by atoms with van der Waals surface area (Å²) in [6.07, 6.45) is 3.38. The van der Waals surface area contributed by atoms with E-state index >= 15 is 0 Å². The molecule has 2 aromatic carbocycles. The quantitative estimate of drug-likeness (QED) is 0.695. The molecule has 0 amide bonds. The fourth-order valence-corrected chi connectivity index (χ4v) is 3.37. The van der Waals surface area contributed by atoms with Crippen LogP contribution in [0.2, 0.25) is 5.02 Å². The van der Waals surface area contributed by atoms with Crippen LogP contribution in [-0.2, 0) is 6.42 Å². The summed E-state index contributed by atoms with van der Waals surface area (Å²) in [7, 11) is 0. The SMILES string of the molecule is CC1CCc2c(cc(Cl)c3ccccc23)C(N)C1. The molecule has 0 spiro atoms. The fourth-order valence-electron chi connectivity index (χ4n) is 3.09. The predicted octanol–water partition coefficient (Wildman–Crippen LogP) is 4.47. The summed E-state index contributed by atoms with van der Waals surface area (Å²) < 4.78 is 0. The maximum atomic E-state index is 6.39. The Hall–Kier alpha value is -1.05. The van der Waals surface area contributed by atoms with E-state index < -0.39 is 0 Å². The van der Waals surface area contributed by atoms with Gasteiger partial charge in [-0.25, -0.2) is 0 Å². The number of hydrogen-bond acceptors (Lipinski definition) is 1. The van der Waals surface area contributed by atoms with E-state index in [2.05, 4.69) is 31.2 Å². The van der Waals surface area contributed by atoms with Crippen molar-refractivity contribution in [3.8, 4) is 0 Å². The van der Waals surface area contributed by atoms with E-state index in [-0.39, 0.29) is 6.04 Å². The Morgan fingerprint density at radius 3 is 2.72 bits per heavy atom. The van der Waals surface area contributed by atoms with Gasteiger partial charge in [0.1, 0.15) is 0 Å². The van der Waals surface area contributed by atoms with Crippen LogP contribution in [0.3, 0.4) is 0 Å². The van der Waals surface area contributed by atoms with Gasteiger partial charge in [-0.3, -0.25) is 0 Å². The van der Waals surface area contributed by atoms with E-state index in [1.165, 1.54) is 22.9 Å². The summed E-state index contributed by atoms with van der Waals surface area (Å²) in [6.45, 7) is 2.29.